The van der Waals surface area contributed by atoms with Crippen molar-refractivity contribution in [3.8, 4) is 0 Å². The number of rotatable bonds is 2. The highest BCUT2D eigenvalue weighted by Gasteiger charge is 2.60. The molecule has 0 aromatic rings. The van der Waals surface area contributed by atoms with Gasteiger partial charge in [-0.1, -0.05) is 0 Å². The fourth-order valence-corrected chi connectivity index (χ4v) is 4.00. The predicted molar refractivity (Wildman–Crippen MR) is 73.3 cm³/mol. The normalized spacial score (nSPS) is 32.2. The van der Waals surface area contributed by atoms with Gasteiger partial charge in [-0.25, -0.2) is 9.10 Å². The summed E-state index contributed by atoms with van der Waals surface area (Å²) in [6.07, 6.45) is 0.322. The van der Waals surface area contributed by atoms with Crippen LogP contribution in [-0.2, 0) is 19.8 Å². The lowest BCUT2D eigenvalue weighted by Gasteiger charge is -2.42. The maximum atomic E-state index is 12.3. The number of nitrogens with zero attached hydrogens (tertiary/aromatic N) is 2. The Morgan fingerprint density at radius 3 is 2.95 bits per heavy atom. The van der Waals surface area contributed by atoms with Crippen LogP contribution in [-0.4, -0.2) is 85.1 Å². The zero-order valence-corrected chi connectivity index (χ0v) is 12.6. The molecule has 11 heteroatoms. The second-order valence-electron chi connectivity index (χ2n) is 5.53. The second-order valence-corrected chi connectivity index (χ2v) is 6.82. The molecule has 0 aromatic heterocycles. The summed E-state index contributed by atoms with van der Waals surface area (Å²) in [6, 6.07) is -2.12. The van der Waals surface area contributed by atoms with Gasteiger partial charge >= 0.3 is 16.3 Å². The van der Waals surface area contributed by atoms with Crippen molar-refractivity contribution in [2.45, 2.75) is 24.5 Å². The number of nitrogens with one attached hydrogen (secondary N) is 2. The monoisotopic (exact) mass is 334 g/mol. The fourth-order valence-electron chi connectivity index (χ4n) is 3.10. The molecule has 3 rings (SSSR count). The zero-order chi connectivity index (χ0) is 15.9. The maximum absolute atomic E-state index is 12.3. The average molecular weight is 334 g/mol. The smallest absolute Gasteiger partial charge is 0.362 e. The quantitative estimate of drug-likeness (QED) is 0.385. The van der Waals surface area contributed by atoms with E-state index < -0.39 is 34.3 Å². The summed E-state index contributed by atoms with van der Waals surface area (Å²) in [5, 5.41) is 5.89. The van der Waals surface area contributed by atoms with Gasteiger partial charge in [0.1, 0.15) is 6.04 Å². The first-order chi connectivity index (χ1) is 10.4. The van der Waals surface area contributed by atoms with E-state index in [2.05, 4.69) is 10.6 Å². The minimum Gasteiger partial charge on any atom is -0.378 e. The Labute approximate surface area is 127 Å². The fraction of sp³-hybridized carbons (Fsp3) is 0.818. The summed E-state index contributed by atoms with van der Waals surface area (Å²) < 4.78 is 37.0. The number of fused-ring (bicyclic) bond motifs is 1. The van der Waals surface area contributed by atoms with Crippen LogP contribution < -0.4 is 10.6 Å². The SMILES string of the molecule is O=C(N[C@@H]1CNCCOC1)N1CC[C@@H]2[C@H]1C(=O)N2S(=O)(=O)O. The molecular weight excluding hydrogens is 316 g/mol. The van der Waals surface area contributed by atoms with Gasteiger partial charge in [-0.2, -0.15) is 8.42 Å². The highest BCUT2D eigenvalue weighted by atomic mass is 32.2. The maximum Gasteiger partial charge on any atom is 0.362 e. The summed E-state index contributed by atoms with van der Waals surface area (Å²) in [7, 11) is -4.56. The van der Waals surface area contributed by atoms with Crippen molar-refractivity contribution in [3.63, 3.8) is 0 Å². The van der Waals surface area contributed by atoms with Crippen molar-refractivity contribution in [1.29, 1.82) is 0 Å². The van der Waals surface area contributed by atoms with Crippen LogP contribution in [0, 0.1) is 0 Å². The van der Waals surface area contributed by atoms with E-state index in [1.165, 1.54) is 4.90 Å². The number of amides is 3. The van der Waals surface area contributed by atoms with Crippen LogP contribution in [0.2, 0.25) is 0 Å². The van der Waals surface area contributed by atoms with E-state index in [4.69, 9.17) is 9.29 Å². The number of likely N-dealkylation sites (tertiary alicyclic amines) is 1. The van der Waals surface area contributed by atoms with Crippen LogP contribution in [0.1, 0.15) is 6.42 Å². The van der Waals surface area contributed by atoms with Crippen LogP contribution >= 0.6 is 0 Å². The summed E-state index contributed by atoms with van der Waals surface area (Å²) in [5.41, 5.74) is 0. The van der Waals surface area contributed by atoms with Crippen LogP contribution in [0.5, 0.6) is 0 Å². The number of carbonyl (C=O) groups excluding carboxylic acids is 2. The minimum atomic E-state index is -4.56. The van der Waals surface area contributed by atoms with Gasteiger partial charge in [0, 0.05) is 19.6 Å². The Hall–Kier alpha value is -1.43. The number of urea groups is 1. The lowest BCUT2D eigenvalue weighted by atomic mass is 10.0. The Balaban J connectivity index is 1.62. The summed E-state index contributed by atoms with van der Waals surface area (Å²) >= 11 is 0. The van der Waals surface area contributed by atoms with E-state index in [1.807, 2.05) is 0 Å². The van der Waals surface area contributed by atoms with E-state index >= 15 is 0 Å². The van der Waals surface area contributed by atoms with Gasteiger partial charge in [-0.15, -0.1) is 0 Å². The second kappa shape index (κ2) is 5.65. The third kappa shape index (κ3) is 2.64. The molecule has 0 spiro atoms. The number of β-lactam (4-membered cyclic amide) rings is 1. The molecule has 3 atom stereocenters. The van der Waals surface area contributed by atoms with Crippen LogP contribution in [0.15, 0.2) is 0 Å². The zero-order valence-electron chi connectivity index (χ0n) is 11.8. The molecule has 0 bridgehead atoms. The van der Waals surface area contributed by atoms with Crippen molar-refractivity contribution in [1.82, 2.24) is 19.8 Å². The minimum absolute atomic E-state index is 0.207. The molecule has 10 nitrogen and oxygen atoms in total. The van der Waals surface area contributed by atoms with Crippen molar-refractivity contribution >= 4 is 22.2 Å². The molecule has 3 aliphatic heterocycles. The first kappa shape index (κ1) is 15.5. The van der Waals surface area contributed by atoms with Gasteiger partial charge < -0.3 is 20.3 Å². The van der Waals surface area contributed by atoms with E-state index in [0.29, 0.717) is 37.0 Å². The molecule has 3 aliphatic rings. The molecule has 3 N–H and O–H groups in total. The molecule has 0 radical (unpaired) electrons. The Morgan fingerprint density at radius 1 is 1.45 bits per heavy atom. The van der Waals surface area contributed by atoms with E-state index in [0.717, 1.165) is 0 Å². The van der Waals surface area contributed by atoms with Crippen molar-refractivity contribution in [3.05, 3.63) is 0 Å². The standard InChI is InChI=1S/C11H18N4O6S/c16-10-9-8(15(10)22(18,19)20)1-3-14(9)11(17)13-7-5-12-2-4-21-6-7/h7-9,12H,1-6H2,(H,13,17)(H,18,19,20)/t7-,8-,9+/m1/s1. The lowest BCUT2D eigenvalue weighted by Crippen LogP contribution is -2.69. The molecule has 0 saturated carbocycles. The van der Waals surface area contributed by atoms with Crippen molar-refractivity contribution in [2.75, 3.05) is 32.8 Å². The van der Waals surface area contributed by atoms with E-state index in [1.54, 1.807) is 0 Å². The molecule has 22 heavy (non-hydrogen) atoms. The molecule has 0 aromatic carbocycles. The highest BCUT2D eigenvalue weighted by Crippen LogP contribution is 2.35. The molecule has 0 aliphatic carbocycles. The summed E-state index contributed by atoms with van der Waals surface area (Å²) in [4.78, 5) is 25.5. The molecule has 3 fully saturated rings. The predicted octanol–water partition coefficient (Wildman–Crippen LogP) is -2.23. The first-order valence-corrected chi connectivity index (χ1v) is 8.45. The Kier molecular flexibility index (Phi) is 3.97. The van der Waals surface area contributed by atoms with Gasteiger partial charge in [0.15, 0.2) is 0 Å². The molecule has 0 unspecified atom stereocenters. The third-order valence-corrected chi connectivity index (χ3v) is 5.06. The summed E-state index contributed by atoms with van der Waals surface area (Å²) in [5.74, 6) is -0.768. The van der Waals surface area contributed by atoms with Crippen LogP contribution in [0.3, 0.4) is 0 Å². The number of hydrogen-bond acceptors (Lipinski definition) is 6. The van der Waals surface area contributed by atoms with Crippen molar-refractivity contribution in [2.24, 2.45) is 0 Å². The first-order valence-electron chi connectivity index (χ1n) is 7.06. The molecule has 124 valence electrons. The van der Waals surface area contributed by atoms with Crippen molar-refractivity contribution < 1.29 is 27.3 Å². The van der Waals surface area contributed by atoms with Crippen LogP contribution in [0.25, 0.3) is 0 Å². The van der Waals surface area contributed by atoms with Gasteiger partial charge in [0.2, 0.25) is 0 Å². The molecule has 3 heterocycles. The molecular formula is C11H18N4O6S. The topological polar surface area (TPSA) is 128 Å². The Morgan fingerprint density at radius 2 is 2.23 bits per heavy atom. The average Bonchev–Trinajstić information content (AvgIpc) is 2.60. The molecule has 3 amide bonds. The number of carbonyl (C=O) groups is 2. The highest BCUT2D eigenvalue weighted by molar-refractivity contribution is 7.84. The van der Waals surface area contributed by atoms with E-state index in [9.17, 15) is 18.0 Å². The number of hydrogen-bond donors (Lipinski definition) is 3. The Bertz CT molecular complexity index is 573. The largest absolute Gasteiger partial charge is 0.378 e. The van der Waals surface area contributed by atoms with Gasteiger partial charge in [0.25, 0.3) is 5.91 Å². The summed E-state index contributed by atoms with van der Waals surface area (Å²) in [6.45, 7) is 2.50. The molecule has 3 saturated heterocycles. The van der Waals surface area contributed by atoms with Gasteiger partial charge in [0.05, 0.1) is 25.3 Å². The van der Waals surface area contributed by atoms with Gasteiger partial charge in [-0.3, -0.25) is 9.35 Å². The third-order valence-electron chi connectivity index (χ3n) is 4.11. The number of ether oxygens (including phenoxy) is 1. The van der Waals surface area contributed by atoms with Gasteiger partial charge in [-0.05, 0) is 6.42 Å². The van der Waals surface area contributed by atoms with E-state index in [-0.39, 0.29) is 12.6 Å². The lowest BCUT2D eigenvalue weighted by molar-refractivity contribution is -0.143. The van der Waals surface area contributed by atoms with Crippen LogP contribution in [0.4, 0.5) is 4.79 Å².